The van der Waals surface area contributed by atoms with E-state index in [-0.39, 0.29) is 0 Å². The van der Waals surface area contributed by atoms with Gasteiger partial charge in [0.1, 0.15) is 5.82 Å². The molecule has 2 rings (SSSR count). The molecule has 94 valence electrons. The molecule has 18 heavy (non-hydrogen) atoms. The Morgan fingerprint density at radius 3 is 2.22 bits per heavy atom. The smallest absolute Gasteiger partial charge is 0.161 e. The maximum absolute atomic E-state index is 5.92. The van der Waals surface area contributed by atoms with Gasteiger partial charge in [-0.3, -0.25) is 0 Å². The van der Waals surface area contributed by atoms with Gasteiger partial charge in [0.05, 0.1) is 10.2 Å². The van der Waals surface area contributed by atoms with Crippen molar-refractivity contribution >= 4 is 37.7 Å². The maximum atomic E-state index is 5.92. The number of nitrogen functional groups attached to an aromatic ring is 1. The average Bonchev–Trinajstić information content (AvgIpc) is 2.33. The molecule has 3 nitrogen and oxygen atoms in total. The Kier molecular flexibility index (Phi) is 4.02. The van der Waals surface area contributed by atoms with E-state index in [4.69, 9.17) is 5.73 Å². The summed E-state index contributed by atoms with van der Waals surface area (Å²) in [5.41, 5.74) is 7.81. The average molecular weight is 371 g/mol. The molecule has 0 atom stereocenters. The van der Waals surface area contributed by atoms with Gasteiger partial charge in [-0.05, 0) is 34.0 Å². The summed E-state index contributed by atoms with van der Waals surface area (Å²) in [5, 5.41) is 0. The summed E-state index contributed by atoms with van der Waals surface area (Å²) in [5.74, 6) is 1.43. The number of halogens is 2. The highest BCUT2D eigenvalue weighted by atomic mass is 79.9. The van der Waals surface area contributed by atoms with Gasteiger partial charge in [0.15, 0.2) is 5.82 Å². The van der Waals surface area contributed by atoms with Crippen molar-refractivity contribution in [1.29, 1.82) is 0 Å². The van der Waals surface area contributed by atoms with Gasteiger partial charge in [0.25, 0.3) is 0 Å². The Labute approximate surface area is 123 Å². The third kappa shape index (κ3) is 2.72. The van der Waals surface area contributed by atoms with E-state index >= 15 is 0 Å². The Morgan fingerprint density at radius 1 is 1.06 bits per heavy atom. The summed E-state index contributed by atoms with van der Waals surface area (Å²) in [6.45, 7) is 4.16. The molecule has 2 aromatic rings. The largest absolute Gasteiger partial charge is 0.383 e. The lowest BCUT2D eigenvalue weighted by atomic mass is 10.1. The zero-order valence-corrected chi connectivity index (χ0v) is 13.3. The number of nitrogens with zero attached hydrogens (tertiary/aromatic N) is 2. The second-order valence-corrected chi connectivity index (χ2v) is 6.00. The zero-order valence-electron chi connectivity index (χ0n) is 10.1. The fraction of sp³-hybridized carbons (Fsp3) is 0.231. The molecule has 0 fully saturated rings. The van der Waals surface area contributed by atoms with Crippen LogP contribution in [0.5, 0.6) is 0 Å². The van der Waals surface area contributed by atoms with Crippen molar-refractivity contribution in [3.63, 3.8) is 0 Å². The molecule has 0 saturated heterocycles. The van der Waals surface area contributed by atoms with Crippen LogP contribution in [0.1, 0.15) is 25.5 Å². The van der Waals surface area contributed by atoms with Gasteiger partial charge in [0, 0.05) is 10.0 Å². The van der Waals surface area contributed by atoms with E-state index < -0.39 is 0 Å². The molecule has 0 amide bonds. The minimum absolute atomic E-state index is 0.291. The first-order chi connectivity index (χ1) is 8.49. The summed E-state index contributed by atoms with van der Waals surface area (Å²) in [6, 6.07) is 7.87. The number of benzene rings is 1. The fourth-order valence-corrected chi connectivity index (χ4v) is 2.49. The molecule has 0 bridgehead atoms. The third-order valence-electron chi connectivity index (χ3n) is 2.55. The first-order valence-electron chi connectivity index (χ1n) is 5.58. The first kappa shape index (κ1) is 13.5. The van der Waals surface area contributed by atoms with Crippen molar-refractivity contribution in [2.24, 2.45) is 0 Å². The molecule has 0 unspecified atom stereocenters. The molecule has 0 saturated carbocycles. The van der Waals surface area contributed by atoms with Crippen LogP contribution in [0.25, 0.3) is 11.4 Å². The lowest BCUT2D eigenvalue weighted by molar-refractivity contribution is 0.811. The molecule has 2 N–H and O–H groups in total. The second kappa shape index (κ2) is 5.36. The number of nitrogens with two attached hydrogens (primary N) is 1. The molecule has 0 aliphatic rings. The molecule has 5 heteroatoms. The molecule has 0 aliphatic carbocycles. The van der Waals surface area contributed by atoms with Crippen LogP contribution in [0.3, 0.4) is 0 Å². The molecule has 0 radical (unpaired) electrons. The third-order valence-corrected chi connectivity index (χ3v) is 3.89. The standard InChI is InChI=1S/C13H13Br2N3/c1-7(2)11-10(15)12(16)18-13(17-11)8-3-5-9(14)6-4-8/h3-7H,1-2H3,(H2,16,17,18). The van der Waals surface area contributed by atoms with E-state index in [1.807, 2.05) is 24.3 Å². The van der Waals surface area contributed by atoms with Gasteiger partial charge in [0.2, 0.25) is 0 Å². The second-order valence-electron chi connectivity index (χ2n) is 4.29. The Bertz CT molecular complexity index is 565. The van der Waals surface area contributed by atoms with E-state index in [0.717, 1.165) is 20.2 Å². The molecule has 1 aromatic heterocycles. The Balaban J connectivity index is 2.55. The van der Waals surface area contributed by atoms with Crippen LogP contribution >= 0.6 is 31.9 Å². The van der Waals surface area contributed by atoms with Gasteiger partial charge in [-0.25, -0.2) is 9.97 Å². The van der Waals surface area contributed by atoms with Crippen molar-refractivity contribution in [3.05, 3.63) is 38.9 Å². The lowest BCUT2D eigenvalue weighted by Gasteiger charge is -2.11. The summed E-state index contributed by atoms with van der Waals surface area (Å²) >= 11 is 6.85. The SMILES string of the molecule is CC(C)c1nc(-c2ccc(Br)cc2)nc(N)c1Br. The molecular weight excluding hydrogens is 358 g/mol. The van der Waals surface area contributed by atoms with Crippen molar-refractivity contribution in [1.82, 2.24) is 9.97 Å². The molecular formula is C13H13Br2N3. The Morgan fingerprint density at radius 2 is 1.67 bits per heavy atom. The van der Waals surface area contributed by atoms with Gasteiger partial charge in [-0.2, -0.15) is 0 Å². The first-order valence-corrected chi connectivity index (χ1v) is 7.16. The van der Waals surface area contributed by atoms with E-state index in [2.05, 4.69) is 55.7 Å². The Hall–Kier alpha value is -0.940. The highest BCUT2D eigenvalue weighted by molar-refractivity contribution is 9.10. The number of rotatable bonds is 2. The topological polar surface area (TPSA) is 51.8 Å². The van der Waals surface area contributed by atoms with Gasteiger partial charge < -0.3 is 5.73 Å². The van der Waals surface area contributed by atoms with E-state index in [0.29, 0.717) is 17.6 Å². The van der Waals surface area contributed by atoms with E-state index in [9.17, 15) is 0 Å². The monoisotopic (exact) mass is 369 g/mol. The summed E-state index contributed by atoms with van der Waals surface area (Å²) < 4.78 is 1.82. The summed E-state index contributed by atoms with van der Waals surface area (Å²) in [6.07, 6.45) is 0. The van der Waals surface area contributed by atoms with Crippen LogP contribution in [0, 0.1) is 0 Å². The maximum Gasteiger partial charge on any atom is 0.161 e. The van der Waals surface area contributed by atoms with Crippen molar-refractivity contribution in [2.75, 3.05) is 5.73 Å². The lowest BCUT2D eigenvalue weighted by Crippen LogP contribution is -2.04. The van der Waals surface area contributed by atoms with Crippen LogP contribution < -0.4 is 5.73 Å². The summed E-state index contributed by atoms with van der Waals surface area (Å²) in [4.78, 5) is 8.90. The van der Waals surface area contributed by atoms with Crippen LogP contribution in [-0.4, -0.2) is 9.97 Å². The van der Waals surface area contributed by atoms with Crippen LogP contribution in [0.4, 0.5) is 5.82 Å². The molecule has 0 spiro atoms. The van der Waals surface area contributed by atoms with Gasteiger partial charge in [-0.1, -0.05) is 41.9 Å². The number of anilines is 1. The molecule has 0 aliphatic heterocycles. The predicted molar refractivity (Wildman–Crippen MR) is 81.4 cm³/mol. The van der Waals surface area contributed by atoms with Crippen LogP contribution in [0.2, 0.25) is 0 Å². The molecule has 1 heterocycles. The quantitative estimate of drug-likeness (QED) is 0.853. The predicted octanol–water partition coefficient (Wildman–Crippen LogP) is 4.37. The minimum Gasteiger partial charge on any atom is -0.383 e. The number of aromatic nitrogens is 2. The van der Waals surface area contributed by atoms with E-state index in [1.54, 1.807) is 0 Å². The van der Waals surface area contributed by atoms with Crippen molar-refractivity contribution in [3.8, 4) is 11.4 Å². The highest BCUT2D eigenvalue weighted by Gasteiger charge is 2.13. The van der Waals surface area contributed by atoms with E-state index in [1.165, 1.54) is 0 Å². The van der Waals surface area contributed by atoms with Crippen LogP contribution in [0.15, 0.2) is 33.2 Å². The van der Waals surface area contributed by atoms with Crippen molar-refractivity contribution < 1.29 is 0 Å². The normalized spacial score (nSPS) is 10.9. The fourth-order valence-electron chi connectivity index (χ4n) is 1.59. The zero-order chi connectivity index (χ0) is 13.3. The highest BCUT2D eigenvalue weighted by Crippen LogP contribution is 2.29. The van der Waals surface area contributed by atoms with Crippen molar-refractivity contribution in [2.45, 2.75) is 19.8 Å². The minimum atomic E-state index is 0.291. The van der Waals surface area contributed by atoms with Gasteiger partial charge in [-0.15, -0.1) is 0 Å². The molecule has 1 aromatic carbocycles. The summed E-state index contributed by atoms with van der Waals surface area (Å²) in [7, 11) is 0. The number of hydrogen-bond acceptors (Lipinski definition) is 3. The number of hydrogen-bond donors (Lipinski definition) is 1. The van der Waals surface area contributed by atoms with Crippen LogP contribution in [-0.2, 0) is 0 Å². The van der Waals surface area contributed by atoms with Gasteiger partial charge >= 0.3 is 0 Å².